The van der Waals surface area contributed by atoms with E-state index in [0.29, 0.717) is 66.7 Å². The van der Waals surface area contributed by atoms with Crippen molar-refractivity contribution in [3.63, 3.8) is 0 Å². The van der Waals surface area contributed by atoms with Crippen LogP contribution in [0.2, 0.25) is 10.0 Å². The van der Waals surface area contributed by atoms with E-state index in [2.05, 4.69) is 27.6 Å². The molecule has 0 unspecified atom stereocenters. The van der Waals surface area contributed by atoms with Crippen LogP contribution in [0.1, 0.15) is 36.6 Å². The van der Waals surface area contributed by atoms with Crippen LogP contribution in [0, 0.1) is 3.57 Å². The highest BCUT2D eigenvalue weighted by molar-refractivity contribution is 14.1. The Morgan fingerprint density at radius 3 is 2.46 bits per heavy atom. The maximum atomic E-state index is 14.2. The lowest BCUT2D eigenvalue weighted by Gasteiger charge is -2.23. The summed E-state index contributed by atoms with van der Waals surface area (Å²) in [7, 11) is 2.84. The molecular weight excluding hydrogens is 766 g/mol. The van der Waals surface area contributed by atoms with Gasteiger partial charge in [-0.05, 0) is 84.5 Å². The van der Waals surface area contributed by atoms with Gasteiger partial charge in [-0.15, -0.1) is 0 Å². The Balaban J connectivity index is 1.64. The van der Waals surface area contributed by atoms with Gasteiger partial charge < -0.3 is 23.7 Å². The molecule has 0 bridgehead atoms. The Morgan fingerprint density at radius 2 is 1.76 bits per heavy atom. The number of carbonyl (C=O) groups excluding carboxylic acids is 1. The van der Waals surface area contributed by atoms with Crippen LogP contribution in [0.4, 0.5) is 0 Å². The zero-order valence-corrected chi connectivity index (χ0v) is 29.8. The van der Waals surface area contributed by atoms with E-state index < -0.39 is 12.0 Å². The fraction of sp³-hybridized carbons (Fsp3) is 0.242. The average Bonchev–Trinajstić information content (AvgIpc) is 3.35. The molecule has 1 atom stereocenters. The quantitative estimate of drug-likeness (QED) is 0.130. The Morgan fingerprint density at radius 1 is 1.00 bits per heavy atom. The summed E-state index contributed by atoms with van der Waals surface area (Å²) in [5.74, 6) is 1.37. The van der Waals surface area contributed by atoms with E-state index in [4.69, 9.17) is 46.9 Å². The fourth-order valence-electron chi connectivity index (χ4n) is 4.92. The van der Waals surface area contributed by atoms with Gasteiger partial charge in [0.1, 0.15) is 6.61 Å². The van der Waals surface area contributed by atoms with Crippen molar-refractivity contribution in [2.45, 2.75) is 26.5 Å². The molecule has 9 nitrogen and oxygen atoms in total. The number of benzene rings is 3. The summed E-state index contributed by atoms with van der Waals surface area (Å²) in [6.45, 7) is 4.74. The number of esters is 1. The van der Waals surface area contributed by atoms with Gasteiger partial charge in [-0.3, -0.25) is 9.36 Å². The van der Waals surface area contributed by atoms with Gasteiger partial charge in [0, 0.05) is 30.9 Å². The molecule has 1 aliphatic heterocycles. The molecule has 4 aromatic rings. The van der Waals surface area contributed by atoms with Crippen LogP contribution in [0.15, 0.2) is 70.1 Å². The molecule has 46 heavy (non-hydrogen) atoms. The molecule has 0 N–H and O–H groups in total. The minimum atomic E-state index is -0.825. The summed E-state index contributed by atoms with van der Waals surface area (Å²) >= 11 is 15.8. The smallest absolute Gasteiger partial charge is 0.337 e. The largest absolute Gasteiger partial charge is 0.493 e. The molecule has 1 aromatic heterocycles. The lowest BCUT2D eigenvalue weighted by atomic mass is 9.97. The van der Waals surface area contributed by atoms with Gasteiger partial charge >= 0.3 is 5.97 Å². The lowest BCUT2D eigenvalue weighted by molar-refractivity contribution is -0.136. The molecule has 240 valence electrons. The lowest BCUT2D eigenvalue weighted by Crippen LogP contribution is -2.39. The minimum absolute atomic E-state index is 0.136. The Bertz CT molecular complexity index is 2010. The van der Waals surface area contributed by atoms with Crippen LogP contribution in [0.5, 0.6) is 23.0 Å². The second-order valence-electron chi connectivity index (χ2n) is 9.80. The van der Waals surface area contributed by atoms with E-state index in [0.717, 1.165) is 9.13 Å². The third-order valence-electron chi connectivity index (χ3n) is 6.95. The topological polar surface area (TPSA) is 97.6 Å². The number of carbonyl (C=O) groups is 1. The van der Waals surface area contributed by atoms with Crippen molar-refractivity contribution in [1.82, 2.24) is 4.57 Å². The SMILES string of the molecule is CCOc1ccc([C@@H]2C(C(=O)OC)=CN=c3s/c(=C/c4cc(I)cc(OC)c4OCc4ccc(Cl)cc4Cl)c(=O)n32)cc1OCC. The average molecular weight is 795 g/mol. The summed E-state index contributed by atoms with van der Waals surface area (Å²) < 4.78 is 31.3. The molecule has 0 fully saturated rings. The predicted molar refractivity (Wildman–Crippen MR) is 186 cm³/mol. The molecule has 0 saturated heterocycles. The Kier molecular flexibility index (Phi) is 11.0. The number of ether oxygens (including phenoxy) is 5. The van der Waals surface area contributed by atoms with Gasteiger partial charge in [-0.25, -0.2) is 9.79 Å². The number of aromatic nitrogens is 1. The van der Waals surface area contributed by atoms with E-state index in [-0.39, 0.29) is 17.7 Å². The van der Waals surface area contributed by atoms with Crippen molar-refractivity contribution in [3.05, 3.63) is 110 Å². The first-order chi connectivity index (χ1) is 22.2. The third-order valence-corrected chi connectivity index (χ3v) is 9.16. The van der Waals surface area contributed by atoms with Gasteiger partial charge in [0.25, 0.3) is 5.56 Å². The van der Waals surface area contributed by atoms with Crippen LogP contribution in [-0.4, -0.2) is 38.0 Å². The highest BCUT2D eigenvalue weighted by Crippen LogP contribution is 2.37. The molecule has 0 aliphatic carbocycles. The zero-order valence-electron chi connectivity index (χ0n) is 25.3. The van der Waals surface area contributed by atoms with Crippen molar-refractivity contribution < 1.29 is 28.5 Å². The molecule has 0 radical (unpaired) electrons. The van der Waals surface area contributed by atoms with Gasteiger partial charge in [0.05, 0.1) is 43.6 Å². The number of halogens is 3. The molecule has 3 aromatic carbocycles. The van der Waals surface area contributed by atoms with E-state index in [1.54, 1.807) is 49.6 Å². The van der Waals surface area contributed by atoms with E-state index in [9.17, 15) is 9.59 Å². The van der Waals surface area contributed by atoms with Crippen LogP contribution >= 0.6 is 57.1 Å². The predicted octanol–water partition coefficient (Wildman–Crippen LogP) is 6.31. The summed E-state index contributed by atoms with van der Waals surface area (Å²) in [5, 5.41) is 0.986. The first-order valence-electron chi connectivity index (χ1n) is 14.1. The number of nitrogens with zero attached hydrogens (tertiary/aromatic N) is 2. The van der Waals surface area contributed by atoms with Crippen LogP contribution < -0.4 is 33.8 Å². The summed E-state index contributed by atoms with van der Waals surface area (Å²) in [6.07, 6.45) is 3.18. The monoisotopic (exact) mass is 794 g/mol. The second kappa shape index (κ2) is 14.9. The van der Waals surface area contributed by atoms with Gasteiger partial charge in [-0.2, -0.15) is 0 Å². The molecule has 1 aliphatic rings. The number of hydrogen-bond acceptors (Lipinski definition) is 9. The van der Waals surface area contributed by atoms with Crippen LogP contribution in [0.3, 0.4) is 0 Å². The molecule has 2 heterocycles. The highest BCUT2D eigenvalue weighted by Gasteiger charge is 2.31. The highest BCUT2D eigenvalue weighted by atomic mass is 127. The zero-order chi connectivity index (χ0) is 33.0. The first-order valence-corrected chi connectivity index (χ1v) is 16.8. The van der Waals surface area contributed by atoms with Crippen molar-refractivity contribution in [3.8, 4) is 23.0 Å². The fourth-order valence-corrected chi connectivity index (χ4v) is 6.96. The first kappa shape index (κ1) is 33.8. The Labute approximate surface area is 292 Å². The Hall–Kier alpha value is -3.52. The van der Waals surface area contributed by atoms with Crippen molar-refractivity contribution in [1.29, 1.82) is 0 Å². The maximum absolute atomic E-state index is 14.2. The molecule has 5 rings (SSSR count). The molecular formula is C33H29Cl2IN2O7S. The number of thiazole rings is 1. The number of methoxy groups -OCH3 is 2. The molecule has 0 amide bonds. The van der Waals surface area contributed by atoms with Crippen LogP contribution in [-0.2, 0) is 16.1 Å². The molecule has 0 saturated carbocycles. The van der Waals surface area contributed by atoms with Crippen LogP contribution in [0.25, 0.3) is 6.08 Å². The van der Waals surface area contributed by atoms with Gasteiger partial charge in [0.15, 0.2) is 27.8 Å². The van der Waals surface area contributed by atoms with Crippen molar-refractivity contribution >= 4 is 69.2 Å². The normalized spacial score (nSPS) is 14.2. The van der Waals surface area contributed by atoms with Crippen molar-refractivity contribution in [2.24, 2.45) is 4.99 Å². The van der Waals surface area contributed by atoms with E-state index in [1.807, 2.05) is 26.0 Å². The van der Waals surface area contributed by atoms with Crippen molar-refractivity contribution in [2.75, 3.05) is 27.4 Å². The maximum Gasteiger partial charge on any atom is 0.337 e. The second-order valence-corrected chi connectivity index (χ2v) is 12.9. The minimum Gasteiger partial charge on any atom is -0.493 e. The summed E-state index contributed by atoms with van der Waals surface area (Å²) in [4.78, 5) is 32.0. The number of fused-ring (bicyclic) bond motifs is 1. The standard InChI is InChI=1S/C33H29Cl2IN2O7S/c1-5-43-25-10-8-18(12-26(25)44-6-2)29-23(32(40)42-4)16-37-33-38(29)31(39)28(46-33)13-20-11-22(36)15-27(41-3)30(20)45-17-19-7-9-21(34)14-24(19)35/h7-16,29H,5-6,17H2,1-4H3/b28-13+/t29-/m1/s1. The van der Waals surface area contributed by atoms with E-state index >= 15 is 0 Å². The summed E-state index contributed by atoms with van der Waals surface area (Å²) in [6, 6.07) is 13.4. The van der Waals surface area contributed by atoms with Gasteiger partial charge in [0.2, 0.25) is 0 Å². The van der Waals surface area contributed by atoms with Gasteiger partial charge in [-0.1, -0.05) is 46.7 Å². The number of hydrogen-bond donors (Lipinski definition) is 0. The van der Waals surface area contributed by atoms with E-state index in [1.165, 1.54) is 29.2 Å². The summed E-state index contributed by atoms with van der Waals surface area (Å²) in [5.41, 5.74) is 1.83. The molecule has 0 spiro atoms. The third kappa shape index (κ3) is 7.07. The molecule has 13 heteroatoms. The number of rotatable bonds is 11.